The van der Waals surface area contributed by atoms with Crippen LogP contribution in [0, 0.1) is 0 Å². The molecule has 0 aliphatic heterocycles. The first-order chi connectivity index (χ1) is 10.7. The van der Waals surface area contributed by atoms with Crippen molar-refractivity contribution in [2.45, 2.75) is 20.0 Å². The number of ether oxygens (including phenoxy) is 1. The number of benzene rings is 2. The van der Waals surface area contributed by atoms with E-state index in [-0.39, 0.29) is 5.91 Å². The quantitative estimate of drug-likeness (QED) is 0.789. The second-order valence-electron chi connectivity index (χ2n) is 5.02. The molecule has 2 aromatic rings. The molecule has 0 radical (unpaired) electrons. The average Bonchev–Trinajstić information content (AvgIpc) is 2.54. The molecule has 0 saturated heterocycles. The average molecular weight is 295 g/mol. The molecule has 22 heavy (non-hydrogen) atoms. The summed E-state index contributed by atoms with van der Waals surface area (Å²) in [4.78, 5) is 10.7. The Morgan fingerprint density at radius 2 is 1.82 bits per heavy atom. The van der Waals surface area contributed by atoms with Crippen molar-refractivity contribution in [3.63, 3.8) is 0 Å². The van der Waals surface area contributed by atoms with Crippen LogP contribution in [0.5, 0.6) is 5.75 Å². The second-order valence-corrected chi connectivity index (χ2v) is 5.02. The number of amides is 1. The van der Waals surface area contributed by atoms with Gasteiger partial charge in [-0.05, 0) is 29.7 Å². The van der Waals surface area contributed by atoms with Crippen LogP contribution < -0.4 is 10.1 Å². The molecule has 3 nitrogen and oxygen atoms in total. The van der Waals surface area contributed by atoms with E-state index in [0.29, 0.717) is 13.2 Å². The van der Waals surface area contributed by atoms with Crippen LogP contribution in [-0.4, -0.2) is 12.5 Å². The molecule has 0 bridgehead atoms. The molecular formula is C19H21NO2. The third-order valence-corrected chi connectivity index (χ3v) is 3.12. The number of carbonyl (C=O) groups is 1. The van der Waals surface area contributed by atoms with E-state index in [4.69, 9.17) is 4.74 Å². The van der Waals surface area contributed by atoms with Crippen LogP contribution in [0.15, 0.2) is 60.7 Å². The Morgan fingerprint density at radius 1 is 1.09 bits per heavy atom. The third kappa shape index (κ3) is 5.83. The lowest BCUT2D eigenvalue weighted by atomic mass is 10.2. The summed E-state index contributed by atoms with van der Waals surface area (Å²) < 4.78 is 5.74. The van der Waals surface area contributed by atoms with Gasteiger partial charge in [-0.15, -0.1) is 0 Å². The Kier molecular flexibility index (Phi) is 6.24. The topological polar surface area (TPSA) is 38.3 Å². The van der Waals surface area contributed by atoms with Gasteiger partial charge in [0.25, 0.3) is 0 Å². The third-order valence-electron chi connectivity index (χ3n) is 3.12. The van der Waals surface area contributed by atoms with Gasteiger partial charge in [0.05, 0.1) is 0 Å². The lowest BCUT2D eigenvalue weighted by Crippen LogP contribution is -2.20. The molecular weight excluding hydrogens is 274 g/mol. The SMILES string of the molecule is CC(=O)NCCC=Cc1ccc(OCc2ccccc2)cc1. The minimum atomic E-state index is 0.00770. The van der Waals surface area contributed by atoms with Gasteiger partial charge in [0.15, 0.2) is 0 Å². The van der Waals surface area contributed by atoms with Gasteiger partial charge in [0.1, 0.15) is 12.4 Å². The predicted molar refractivity (Wildman–Crippen MR) is 89.6 cm³/mol. The fraction of sp³-hybridized carbons (Fsp3) is 0.211. The molecule has 1 N–H and O–H groups in total. The van der Waals surface area contributed by atoms with Gasteiger partial charge >= 0.3 is 0 Å². The van der Waals surface area contributed by atoms with Gasteiger partial charge in [0, 0.05) is 13.5 Å². The van der Waals surface area contributed by atoms with Crippen LogP contribution >= 0.6 is 0 Å². The summed E-state index contributed by atoms with van der Waals surface area (Å²) >= 11 is 0. The van der Waals surface area contributed by atoms with Crippen molar-refractivity contribution in [3.05, 3.63) is 71.8 Å². The molecule has 114 valence electrons. The van der Waals surface area contributed by atoms with Crippen molar-refractivity contribution in [1.82, 2.24) is 5.32 Å². The molecule has 0 spiro atoms. The first kappa shape index (κ1) is 15.8. The number of nitrogens with one attached hydrogen (secondary N) is 1. The van der Waals surface area contributed by atoms with Gasteiger partial charge < -0.3 is 10.1 Å². The van der Waals surface area contributed by atoms with Crippen LogP contribution in [-0.2, 0) is 11.4 Å². The fourth-order valence-corrected chi connectivity index (χ4v) is 1.97. The van der Waals surface area contributed by atoms with Gasteiger partial charge in [-0.2, -0.15) is 0 Å². The maximum atomic E-state index is 10.7. The van der Waals surface area contributed by atoms with E-state index < -0.39 is 0 Å². The summed E-state index contributed by atoms with van der Waals surface area (Å²) in [6.07, 6.45) is 4.92. The van der Waals surface area contributed by atoms with Gasteiger partial charge in [-0.25, -0.2) is 0 Å². The van der Waals surface area contributed by atoms with E-state index >= 15 is 0 Å². The number of carbonyl (C=O) groups excluding carboxylic acids is 1. The largest absolute Gasteiger partial charge is 0.489 e. The highest BCUT2D eigenvalue weighted by atomic mass is 16.5. The van der Waals surface area contributed by atoms with Crippen LogP contribution in [0.1, 0.15) is 24.5 Å². The zero-order valence-corrected chi connectivity index (χ0v) is 12.8. The predicted octanol–water partition coefficient (Wildman–Crippen LogP) is 3.81. The number of rotatable bonds is 7. The molecule has 0 atom stereocenters. The first-order valence-corrected chi connectivity index (χ1v) is 7.42. The van der Waals surface area contributed by atoms with Crippen molar-refractivity contribution in [1.29, 1.82) is 0 Å². The van der Waals surface area contributed by atoms with E-state index in [1.165, 1.54) is 6.92 Å². The Balaban J connectivity index is 1.77. The van der Waals surface area contributed by atoms with E-state index in [1.54, 1.807) is 0 Å². The molecule has 0 fully saturated rings. The van der Waals surface area contributed by atoms with E-state index in [1.807, 2.05) is 60.7 Å². The van der Waals surface area contributed by atoms with E-state index in [0.717, 1.165) is 23.3 Å². The summed E-state index contributed by atoms with van der Waals surface area (Å²) in [5.74, 6) is 0.868. The van der Waals surface area contributed by atoms with Crippen LogP contribution in [0.4, 0.5) is 0 Å². The standard InChI is InChI=1S/C19H21NO2/c1-16(21)20-14-6-5-7-17-10-12-19(13-11-17)22-15-18-8-3-2-4-9-18/h2-5,7-13H,6,14-15H2,1H3,(H,20,21). The van der Waals surface area contributed by atoms with Gasteiger partial charge in [-0.1, -0.05) is 54.6 Å². The molecule has 1 amide bonds. The summed E-state index contributed by atoms with van der Waals surface area (Å²) in [6.45, 7) is 2.77. The summed E-state index contributed by atoms with van der Waals surface area (Å²) in [6, 6.07) is 18.1. The van der Waals surface area contributed by atoms with Crippen LogP contribution in [0.2, 0.25) is 0 Å². The summed E-state index contributed by atoms with van der Waals surface area (Å²) in [5.41, 5.74) is 2.28. The summed E-state index contributed by atoms with van der Waals surface area (Å²) in [5, 5.41) is 2.76. The molecule has 3 heteroatoms. The Bertz CT molecular complexity index is 603. The van der Waals surface area contributed by atoms with Gasteiger partial charge in [0.2, 0.25) is 5.91 Å². The first-order valence-electron chi connectivity index (χ1n) is 7.42. The molecule has 2 rings (SSSR count). The fourth-order valence-electron chi connectivity index (χ4n) is 1.97. The van der Waals surface area contributed by atoms with Crippen LogP contribution in [0.3, 0.4) is 0 Å². The van der Waals surface area contributed by atoms with Crippen LogP contribution in [0.25, 0.3) is 6.08 Å². The Morgan fingerprint density at radius 3 is 2.50 bits per heavy atom. The molecule has 0 aliphatic rings. The maximum absolute atomic E-state index is 10.7. The lowest BCUT2D eigenvalue weighted by molar-refractivity contribution is -0.118. The minimum Gasteiger partial charge on any atom is -0.489 e. The Labute approximate surface area is 131 Å². The number of hydrogen-bond acceptors (Lipinski definition) is 2. The van der Waals surface area contributed by atoms with Crippen molar-refractivity contribution in [3.8, 4) is 5.75 Å². The van der Waals surface area contributed by atoms with E-state index in [2.05, 4.69) is 11.4 Å². The molecule has 2 aromatic carbocycles. The highest BCUT2D eigenvalue weighted by Gasteiger charge is 1.95. The molecule has 0 unspecified atom stereocenters. The lowest BCUT2D eigenvalue weighted by Gasteiger charge is -2.06. The number of hydrogen-bond donors (Lipinski definition) is 1. The monoisotopic (exact) mass is 295 g/mol. The molecule has 0 saturated carbocycles. The molecule has 0 heterocycles. The minimum absolute atomic E-state index is 0.00770. The summed E-state index contributed by atoms with van der Waals surface area (Å²) in [7, 11) is 0. The van der Waals surface area contributed by atoms with Crippen molar-refractivity contribution < 1.29 is 9.53 Å². The van der Waals surface area contributed by atoms with E-state index in [9.17, 15) is 4.79 Å². The van der Waals surface area contributed by atoms with Crippen molar-refractivity contribution in [2.75, 3.05) is 6.54 Å². The highest BCUT2D eigenvalue weighted by Crippen LogP contribution is 2.15. The van der Waals surface area contributed by atoms with Crippen molar-refractivity contribution in [2.24, 2.45) is 0 Å². The smallest absolute Gasteiger partial charge is 0.216 e. The molecule has 0 aromatic heterocycles. The molecule has 0 aliphatic carbocycles. The second kappa shape index (κ2) is 8.67. The van der Waals surface area contributed by atoms with Gasteiger partial charge in [-0.3, -0.25) is 4.79 Å². The van der Waals surface area contributed by atoms with Crippen molar-refractivity contribution >= 4 is 12.0 Å². The Hall–Kier alpha value is -2.55. The maximum Gasteiger partial charge on any atom is 0.216 e. The zero-order valence-electron chi connectivity index (χ0n) is 12.8. The highest BCUT2D eigenvalue weighted by molar-refractivity contribution is 5.72. The normalized spacial score (nSPS) is 10.6. The zero-order chi connectivity index (χ0) is 15.6.